The molecule has 0 aliphatic rings. The summed E-state index contributed by atoms with van der Waals surface area (Å²) in [6, 6.07) is 7.68. The van der Waals surface area contributed by atoms with Crippen molar-refractivity contribution in [3.63, 3.8) is 0 Å². The van der Waals surface area contributed by atoms with Crippen LogP contribution in [0.15, 0.2) is 41.1 Å². The van der Waals surface area contributed by atoms with Gasteiger partial charge in [-0.1, -0.05) is 18.5 Å². The molecule has 84 valence electrons. The topological polar surface area (TPSA) is 38.1 Å². The highest BCUT2D eigenvalue weighted by Crippen LogP contribution is 2.22. The highest BCUT2D eigenvalue weighted by Gasteiger charge is 2.11. The Morgan fingerprint density at radius 3 is 2.88 bits per heavy atom. The number of hydrogen-bond donors (Lipinski definition) is 1. The van der Waals surface area contributed by atoms with Crippen molar-refractivity contribution in [2.24, 2.45) is 0 Å². The monoisotopic (exact) mass is 236 g/mol. The highest BCUT2D eigenvalue weighted by atomic mass is 35.5. The molecule has 1 N–H and O–H groups in total. The quantitative estimate of drug-likeness (QED) is 0.819. The van der Waals surface area contributed by atoms with Crippen LogP contribution in [0.25, 0.3) is 0 Å². The van der Waals surface area contributed by atoms with Crippen LogP contribution in [0, 0.1) is 0 Å². The fourth-order valence-electron chi connectivity index (χ4n) is 1.53. The van der Waals surface area contributed by atoms with Gasteiger partial charge in [-0.15, -0.1) is 0 Å². The summed E-state index contributed by atoms with van der Waals surface area (Å²) in [5.41, 5.74) is 0.938. The summed E-state index contributed by atoms with van der Waals surface area (Å²) in [6.07, 6.45) is 4.34. The number of rotatable bonds is 4. The first-order chi connectivity index (χ1) is 7.79. The molecule has 0 fully saturated rings. The van der Waals surface area contributed by atoms with Gasteiger partial charge >= 0.3 is 0 Å². The van der Waals surface area contributed by atoms with Crippen molar-refractivity contribution < 1.29 is 4.42 Å². The van der Waals surface area contributed by atoms with Crippen LogP contribution in [-0.4, -0.2) is 4.98 Å². The smallest absolute Gasteiger partial charge is 0.129 e. The van der Waals surface area contributed by atoms with Crippen molar-refractivity contribution in [3.05, 3.63) is 47.6 Å². The number of nitrogens with one attached hydrogen (secondary N) is 1. The number of aromatic nitrogens is 1. The molecule has 4 heteroatoms. The van der Waals surface area contributed by atoms with Crippen molar-refractivity contribution in [1.82, 2.24) is 4.98 Å². The molecule has 1 unspecified atom stereocenters. The third-order valence-corrected chi connectivity index (χ3v) is 2.59. The van der Waals surface area contributed by atoms with Crippen molar-refractivity contribution in [2.75, 3.05) is 5.32 Å². The summed E-state index contributed by atoms with van der Waals surface area (Å²) in [4.78, 5) is 4.02. The van der Waals surface area contributed by atoms with Gasteiger partial charge in [0.25, 0.3) is 0 Å². The van der Waals surface area contributed by atoms with Crippen molar-refractivity contribution in [2.45, 2.75) is 19.4 Å². The maximum Gasteiger partial charge on any atom is 0.129 e. The zero-order chi connectivity index (χ0) is 11.4. The number of pyridine rings is 1. The predicted octanol–water partition coefficient (Wildman–Crippen LogP) is 3.89. The van der Waals surface area contributed by atoms with E-state index in [9.17, 15) is 0 Å². The first-order valence-electron chi connectivity index (χ1n) is 5.21. The summed E-state index contributed by atoms with van der Waals surface area (Å²) in [6.45, 7) is 2.10. The maximum absolute atomic E-state index is 5.72. The Kier molecular flexibility index (Phi) is 3.47. The second-order valence-corrected chi connectivity index (χ2v) is 3.88. The minimum atomic E-state index is 0.165. The lowest BCUT2D eigenvalue weighted by molar-refractivity contribution is 0.474. The fourth-order valence-corrected chi connectivity index (χ4v) is 1.64. The molecule has 3 nitrogen and oxygen atoms in total. The average Bonchev–Trinajstić information content (AvgIpc) is 2.82. The van der Waals surface area contributed by atoms with Crippen molar-refractivity contribution in [1.29, 1.82) is 0 Å². The number of halogens is 1. The van der Waals surface area contributed by atoms with Gasteiger partial charge in [-0.05, 0) is 30.7 Å². The van der Waals surface area contributed by atoms with E-state index in [-0.39, 0.29) is 6.04 Å². The Balaban J connectivity index is 2.10. The molecule has 0 saturated carbocycles. The van der Waals surface area contributed by atoms with Gasteiger partial charge < -0.3 is 9.73 Å². The molecule has 2 aromatic rings. The number of hydrogen-bond acceptors (Lipinski definition) is 3. The van der Waals surface area contributed by atoms with Gasteiger partial charge in [0.05, 0.1) is 24.2 Å². The van der Waals surface area contributed by atoms with E-state index >= 15 is 0 Å². The highest BCUT2D eigenvalue weighted by molar-refractivity contribution is 6.29. The Hall–Kier alpha value is -1.48. The molecule has 0 aromatic carbocycles. The minimum absolute atomic E-state index is 0.165. The van der Waals surface area contributed by atoms with E-state index in [0.29, 0.717) is 5.15 Å². The normalized spacial score (nSPS) is 12.4. The van der Waals surface area contributed by atoms with Crippen LogP contribution < -0.4 is 5.32 Å². The van der Waals surface area contributed by atoms with Crippen LogP contribution in [0.5, 0.6) is 0 Å². The fraction of sp³-hybridized carbons (Fsp3) is 0.250. The van der Waals surface area contributed by atoms with E-state index in [1.54, 1.807) is 18.5 Å². The third kappa shape index (κ3) is 2.55. The molecule has 0 bridgehead atoms. The second-order valence-electron chi connectivity index (χ2n) is 3.49. The zero-order valence-corrected chi connectivity index (χ0v) is 9.74. The summed E-state index contributed by atoms with van der Waals surface area (Å²) in [5, 5.41) is 3.84. The van der Waals surface area contributed by atoms with Gasteiger partial charge in [0.15, 0.2) is 0 Å². The Labute approximate surface area is 99.5 Å². The molecule has 0 saturated heterocycles. The Bertz CT molecular complexity index is 425. The van der Waals surface area contributed by atoms with Crippen LogP contribution in [0.2, 0.25) is 5.15 Å². The lowest BCUT2D eigenvalue weighted by atomic mass is 10.1. The number of furan rings is 1. The third-order valence-electron chi connectivity index (χ3n) is 2.36. The number of nitrogens with zero attached hydrogens (tertiary/aromatic N) is 1. The molecule has 1 atom stereocenters. The van der Waals surface area contributed by atoms with Gasteiger partial charge in [-0.25, -0.2) is 4.98 Å². The molecule has 2 heterocycles. The van der Waals surface area contributed by atoms with Crippen LogP contribution >= 0.6 is 11.6 Å². The summed E-state index contributed by atoms with van der Waals surface area (Å²) >= 11 is 5.72. The van der Waals surface area contributed by atoms with Gasteiger partial charge in [-0.3, -0.25) is 0 Å². The van der Waals surface area contributed by atoms with E-state index in [1.807, 2.05) is 18.2 Å². The molecule has 0 spiro atoms. The lowest BCUT2D eigenvalue weighted by Crippen LogP contribution is -2.08. The largest absolute Gasteiger partial charge is 0.467 e. The summed E-state index contributed by atoms with van der Waals surface area (Å²) < 4.78 is 5.37. The molecule has 0 radical (unpaired) electrons. The van der Waals surface area contributed by atoms with Crippen LogP contribution in [0.4, 0.5) is 5.69 Å². The summed E-state index contributed by atoms with van der Waals surface area (Å²) in [7, 11) is 0. The van der Waals surface area contributed by atoms with Gasteiger partial charge in [0.2, 0.25) is 0 Å². The standard InChI is InChI=1S/C12H13ClN2O/c1-2-10(11-4-3-7-16-11)15-9-5-6-12(13)14-8-9/h3-8,10,15H,2H2,1H3. The lowest BCUT2D eigenvalue weighted by Gasteiger charge is -2.15. The maximum atomic E-state index is 5.72. The first kappa shape index (κ1) is 11.0. The van der Waals surface area contributed by atoms with Crippen LogP contribution in [0.1, 0.15) is 25.1 Å². The van der Waals surface area contributed by atoms with Gasteiger partial charge in [0, 0.05) is 0 Å². The zero-order valence-electron chi connectivity index (χ0n) is 8.98. The molecular formula is C12H13ClN2O. The van der Waals surface area contributed by atoms with Crippen molar-refractivity contribution in [3.8, 4) is 0 Å². The Morgan fingerprint density at radius 1 is 1.44 bits per heavy atom. The molecular weight excluding hydrogens is 224 g/mol. The molecule has 2 rings (SSSR count). The van der Waals surface area contributed by atoms with E-state index in [0.717, 1.165) is 17.9 Å². The molecule has 0 amide bonds. The SMILES string of the molecule is CCC(Nc1ccc(Cl)nc1)c1ccco1. The molecule has 0 aliphatic carbocycles. The average molecular weight is 237 g/mol. The van der Waals surface area contributed by atoms with Gasteiger partial charge in [-0.2, -0.15) is 0 Å². The van der Waals surface area contributed by atoms with E-state index in [2.05, 4.69) is 17.2 Å². The minimum Gasteiger partial charge on any atom is -0.467 e. The second kappa shape index (κ2) is 5.03. The molecule has 2 aromatic heterocycles. The van der Waals surface area contributed by atoms with Crippen molar-refractivity contribution >= 4 is 17.3 Å². The number of anilines is 1. The molecule has 0 aliphatic heterocycles. The van der Waals surface area contributed by atoms with E-state index < -0.39 is 0 Å². The van der Waals surface area contributed by atoms with Crippen LogP contribution in [0.3, 0.4) is 0 Å². The molecule has 16 heavy (non-hydrogen) atoms. The first-order valence-corrected chi connectivity index (χ1v) is 5.59. The van der Waals surface area contributed by atoms with E-state index in [1.165, 1.54) is 0 Å². The van der Waals surface area contributed by atoms with E-state index in [4.69, 9.17) is 16.0 Å². The van der Waals surface area contributed by atoms with Crippen LogP contribution in [-0.2, 0) is 0 Å². The predicted molar refractivity (Wildman–Crippen MR) is 64.6 cm³/mol. The Morgan fingerprint density at radius 2 is 2.31 bits per heavy atom. The van der Waals surface area contributed by atoms with Gasteiger partial charge in [0.1, 0.15) is 10.9 Å². The summed E-state index contributed by atoms with van der Waals surface area (Å²) in [5.74, 6) is 0.928.